The quantitative estimate of drug-likeness (QED) is 0.761. The molecule has 1 N–H and O–H groups in total. The van der Waals surface area contributed by atoms with Crippen molar-refractivity contribution in [3.05, 3.63) is 29.3 Å². The molecule has 1 aromatic carbocycles. The molecule has 0 spiro atoms. The Labute approximate surface area is 158 Å². The Morgan fingerprint density at radius 1 is 0.962 bits per heavy atom. The number of thiazole rings is 1. The first-order valence-electron chi connectivity index (χ1n) is 9.68. The SMILES string of the molecule is COc1ccc(Nc2nc(C3C4CC5CC(C4)CC3C5)cs2)cc1OC. The lowest BCUT2D eigenvalue weighted by atomic mass is 9.51. The number of nitrogens with one attached hydrogen (secondary N) is 1. The second kappa shape index (κ2) is 6.45. The first-order chi connectivity index (χ1) is 12.7. The Hall–Kier alpha value is -1.75. The van der Waals surface area contributed by atoms with E-state index in [4.69, 9.17) is 14.5 Å². The minimum atomic E-state index is 0.694. The number of aromatic nitrogens is 1. The number of hydrogen-bond donors (Lipinski definition) is 1. The van der Waals surface area contributed by atoms with Crippen LogP contribution in [0.2, 0.25) is 0 Å². The second-order valence-electron chi connectivity index (χ2n) is 8.23. The van der Waals surface area contributed by atoms with Gasteiger partial charge in [0.25, 0.3) is 0 Å². The predicted molar refractivity (Wildman–Crippen MR) is 105 cm³/mol. The number of anilines is 2. The van der Waals surface area contributed by atoms with Crippen LogP contribution in [0, 0.1) is 23.7 Å². The van der Waals surface area contributed by atoms with Crippen LogP contribution in [0.3, 0.4) is 0 Å². The highest BCUT2D eigenvalue weighted by Crippen LogP contribution is 2.59. The van der Waals surface area contributed by atoms with Gasteiger partial charge < -0.3 is 14.8 Å². The summed E-state index contributed by atoms with van der Waals surface area (Å²) in [5.41, 5.74) is 2.31. The molecule has 1 aromatic heterocycles. The summed E-state index contributed by atoms with van der Waals surface area (Å²) in [6.07, 6.45) is 7.26. The van der Waals surface area contributed by atoms with Gasteiger partial charge in [-0.05, 0) is 67.9 Å². The zero-order valence-corrected chi connectivity index (χ0v) is 16.2. The third kappa shape index (κ3) is 2.77. The molecule has 4 bridgehead atoms. The Kier molecular flexibility index (Phi) is 4.07. The minimum Gasteiger partial charge on any atom is -0.493 e. The molecule has 0 unspecified atom stereocenters. The van der Waals surface area contributed by atoms with Crippen LogP contribution in [0.15, 0.2) is 23.6 Å². The number of ether oxygens (including phenoxy) is 2. The van der Waals surface area contributed by atoms with Crippen LogP contribution in [0.4, 0.5) is 10.8 Å². The molecule has 0 radical (unpaired) electrons. The van der Waals surface area contributed by atoms with Crippen molar-refractivity contribution in [2.24, 2.45) is 23.7 Å². The fourth-order valence-corrected chi connectivity index (χ4v) is 6.72. The average Bonchev–Trinajstić information content (AvgIpc) is 3.08. The second-order valence-corrected chi connectivity index (χ2v) is 9.09. The van der Waals surface area contributed by atoms with Gasteiger partial charge in [0.05, 0.1) is 19.9 Å². The number of hydrogen-bond acceptors (Lipinski definition) is 5. The van der Waals surface area contributed by atoms with E-state index in [1.807, 2.05) is 18.2 Å². The van der Waals surface area contributed by atoms with E-state index in [0.29, 0.717) is 5.92 Å². The molecule has 0 atom stereocenters. The standard InChI is InChI=1S/C21H26N2O2S/c1-24-18-4-3-16(10-19(18)25-2)22-21-23-17(11-26-21)20-14-6-12-5-13(8-14)9-15(20)7-12/h3-4,10-15,20H,5-9H2,1-2H3,(H,22,23). The molecule has 26 heavy (non-hydrogen) atoms. The van der Waals surface area contributed by atoms with Gasteiger partial charge in [0.2, 0.25) is 0 Å². The normalized spacial score (nSPS) is 31.8. The van der Waals surface area contributed by atoms with E-state index in [1.165, 1.54) is 37.8 Å². The van der Waals surface area contributed by atoms with Crippen molar-refractivity contribution in [2.45, 2.75) is 38.0 Å². The largest absolute Gasteiger partial charge is 0.493 e. The van der Waals surface area contributed by atoms with Gasteiger partial charge in [-0.15, -0.1) is 11.3 Å². The van der Waals surface area contributed by atoms with Crippen LogP contribution in [0.1, 0.15) is 43.7 Å². The number of rotatable bonds is 5. The van der Waals surface area contributed by atoms with Crippen LogP contribution in [0.25, 0.3) is 0 Å². The van der Waals surface area contributed by atoms with Gasteiger partial charge in [-0.2, -0.15) is 0 Å². The van der Waals surface area contributed by atoms with Crippen molar-refractivity contribution in [1.29, 1.82) is 0 Å². The van der Waals surface area contributed by atoms with E-state index in [2.05, 4.69) is 10.7 Å². The smallest absolute Gasteiger partial charge is 0.187 e. The maximum absolute atomic E-state index is 5.40. The molecule has 138 valence electrons. The topological polar surface area (TPSA) is 43.4 Å². The van der Waals surface area contributed by atoms with Crippen molar-refractivity contribution in [1.82, 2.24) is 4.98 Å². The lowest BCUT2D eigenvalue weighted by Crippen LogP contribution is -2.43. The Bertz CT molecular complexity index is 775. The third-order valence-corrected chi connectivity index (χ3v) is 7.50. The van der Waals surface area contributed by atoms with Crippen LogP contribution in [-0.2, 0) is 0 Å². The molecule has 0 amide bonds. The van der Waals surface area contributed by atoms with Crippen LogP contribution >= 0.6 is 11.3 Å². The Balaban J connectivity index is 1.34. The molecule has 0 aliphatic heterocycles. The first kappa shape index (κ1) is 16.4. The van der Waals surface area contributed by atoms with E-state index in [-0.39, 0.29) is 0 Å². The van der Waals surface area contributed by atoms with E-state index < -0.39 is 0 Å². The van der Waals surface area contributed by atoms with E-state index in [9.17, 15) is 0 Å². The summed E-state index contributed by atoms with van der Waals surface area (Å²) in [5, 5.41) is 6.71. The van der Waals surface area contributed by atoms with E-state index in [0.717, 1.165) is 46.0 Å². The highest BCUT2D eigenvalue weighted by Gasteiger charge is 2.49. The Morgan fingerprint density at radius 3 is 2.31 bits per heavy atom. The summed E-state index contributed by atoms with van der Waals surface area (Å²) in [6, 6.07) is 5.89. The molecule has 4 fully saturated rings. The first-order valence-corrected chi connectivity index (χ1v) is 10.6. The fraction of sp³-hybridized carbons (Fsp3) is 0.571. The molecule has 5 heteroatoms. The fourth-order valence-electron chi connectivity index (χ4n) is 5.94. The van der Waals surface area contributed by atoms with Crippen LogP contribution < -0.4 is 14.8 Å². The molecular formula is C21H26N2O2S. The predicted octanol–water partition coefficient (Wildman–Crippen LogP) is 5.44. The van der Waals surface area contributed by atoms with Crippen molar-refractivity contribution in [2.75, 3.05) is 19.5 Å². The summed E-state index contributed by atoms with van der Waals surface area (Å²) in [5.74, 6) is 5.94. The monoisotopic (exact) mass is 370 g/mol. The van der Waals surface area contributed by atoms with Gasteiger partial charge in [0, 0.05) is 23.1 Å². The maximum atomic E-state index is 5.40. The van der Waals surface area contributed by atoms with Crippen molar-refractivity contribution < 1.29 is 9.47 Å². The van der Waals surface area contributed by atoms with Gasteiger partial charge in [-0.25, -0.2) is 4.98 Å². The van der Waals surface area contributed by atoms with Gasteiger partial charge in [0.15, 0.2) is 16.6 Å². The summed E-state index contributed by atoms with van der Waals surface area (Å²) >= 11 is 1.72. The summed E-state index contributed by atoms with van der Waals surface area (Å²) in [4.78, 5) is 4.98. The molecule has 4 saturated carbocycles. The lowest BCUT2D eigenvalue weighted by molar-refractivity contribution is -0.00392. The molecule has 4 aliphatic rings. The van der Waals surface area contributed by atoms with E-state index in [1.54, 1.807) is 25.6 Å². The van der Waals surface area contributed by atoms with Crippen LogP contribution in [0.5, 0.6) is 11.5 Å². The van der Waals surface area contributed by atoms with E-state index >= 15 is 0 Å². The highest BCUT2D eigenvalue weighted by molar-refractivity contribution is 7.13. The minimum absolute atomic E-state index is 0.694. The van der Waals surface area contributed by atoms with Crippen molar-refractivity contribution >= 4 is 22.2 Å². The summed E-state index contributed by atoms with van der Waals surface area (Å²) in [7, 11) is 3.32. The third-order valence-electron chi connectivity index (χ3n) is 6.73. The Morgan fingerprint density at radius 2 is 1.65 bits per heavy atom. The van der Waals surface area contributed by atoms with Gasteiger partial charge in [-0.3, -0.25) is 0 Å². The average molecular weight is 371 g/mol. The van der Waals surface area contributed by atoms with Gasteiger partial charge >= 0.3 is 0 Å². The molecule has 1 heterocycles. The summed E-state index contributed by atoms with van der Waals surface area (Å²) in [6.45, 7) is 0. The summed E-state index contributed by atoms with van der Waals surface area (Å²) < 4.78 is 10.7. The zero-order valence-electron chi connectivity index (χ0n) is 15.4. The zero-order chi connectivity index (χ0) is 17.7. The maximum Gasteiger partial charge on any atom is 0.187 e. The molecule has 4 aliphatic carbocycles. The molecule has 2 aromatic rings. The van der Waals surface area contributed by atoms with Crippen LogP contribution in [-0.4, -0.2) is 19.2 Å². The van der Waals surface area contributed by atoms with Gasteiger partial charge in [0.1, 0.15) is 0 Å². The molecular weight excluding hydrogens is 344 g/mol. The number of nitrogens with zero attached hydrogens (tertiary/aromatic N) is 1. The molecule has 0 saturated heterocycles. The molecule has 6 rings (SSSR count). The number of benzene rings is 1. The lowest BCUT2D eigenvalue weighted by Gasteiger charge is -2.54. The van der Waals surface area contributed by atoms with Crippen molar-refractivity contribution in [3.63, 3.8) is 0 Å². The van der Waals surface area contributed by atoms with Gasteiger partial charge in [-0.1, -0.05) is 0 Å². The van der Waals surface area contributed by atoms with Crippen molar-refractivity contribution in [3.8, 4) is 11.5 Å². The molecule has 4 nitrogen and oxygen atoms in total. The number of methoxy groups -OCH3 is 2. The highest BCUT2D eigenvalue weighted by atomic mass is 32.1.